The zero-order valence-electron chi connectivity index (χ0n) is 43.9. The average Bonchev–Trinajstić information content (AvgIpc) is 3.33. The number of esters is 3. The van der Waals surface area contributed by atoms with Gasteiger partial charge >= 0.3 is 17.9 Å². The lowest BCUT2D eigenvalue weighted by Crippen LogP contribution is -2.30. The number of carbonyl (C=O) groups is 3. The van der Waals surface area contributed by atoms with E-state index in [9.17, 15) is 14.4 Å². The molecule has 0 amide bonds. The number of carbonyl (C=O) groups excluding carboxylic acids is 3. The van der Waals surface area contributed by atoms with E-state index < -0.39 is 6.10 Å². The van der Waals surface area contributed by atoms with E-state index in [1.165, 1.54) is 128 Å². The number of rotatable bonds is 50. The molecule has 0 spiro atoms. The molecule has 0 rings (SSSR count). The molecule has 0 aromatic rings. The Morgan fingerprint density at radius 3 is 1.01 bits per heavy atom. The van der Waals surface area contributed by atoms with Crippen molar-refractivity contribution in [3.8, 4) is 0 Å². The van der Waals surface area contributed by atoms with E-state index in [0.717, 1.165) is 89.9 Å². The Morgan fingerprint density at radius 2 is 0.612 bits per heavy atom. The first-order chi connectivity index (χ1) is 33.0. The summed E-state index contributed by atoms with van der Waals surface area (Å²) in [5.74, 6) is -0.992. The molecule has 1 atom stereocenters. The highest BCUT2D eigenvalue weighted by molar-refractivity contribution is 5.71. The third kappa shape index (κ3) is 53.4. The fourth-order valence-corrected chi connectivity index (χ4v) is 7.70. The van der Waals surface area contributed by atoms with Crippen molar-refractivity contribution >= 4 is 17.9 Å². The van der Waals surface area contributed by atoms with Crippen LogP contribution in [0.15, 0.2) is 85.1 Å². The van der Waals surface area contributed by atoms with Gasteiger partial charge in [0, 0.05) is 19.3 Å². The molecule has 384 valence electrons. The zero-order valence-corrected chi connectivity index (χ0v) is 43.9. The molecule has 0 fully saturated rings. The van der Waals surface area contributed by atoms with Crippen LogP contribution in [0.25, 0.3) is 0 Å². The van der Waals surface area contributed by atoms with Crippen LogP contribution in [0.3, 0.4) is 0 Å². The predicted molar refractivity (Wildman–Crippen MR) is 288 cm³/mol. The van der Waals surface area contributed by atoms with Crippen LogP contribution in [-0.4, -0.2) is 37.2 Å². The maximum atomic E-state index is 12.8. The highest BCUT2D eigenvalue weighted by atomic mass is 16.6. The van der Waals surface area contributed by atoms with Crippen molar-refractivity contribution in [1.82, 2.24) is 0 Å². The highest BCUT2D eigenvalue weighted by Crippen LogP contribution is 2.16. The van der Waals surface area contributed by atoms with Gasteiger partial charge in [0.2, 0.25) is 0 Å². The van der Waals surface area contributed by atoms with Gasteiger partial charge in [-0.1, -0.05) is 247 Å². The fourth-order valence-electron chi connectivity index (χ4n) is 7.70. The SMILES string of the molecule is CC/C=C\C/C=C\C/C=C\C/C=C\C/C=C\C/C=C\CCC(=O)OC[C@@H](COC(=O)CCCCCCC/C=C\CCCCCC)OC(=O)CCCCCCCCCCCCCCCCCCC. The van der Waals surface area contributed by atoms with E-state index in [2.05, 4.69) is 99.8 Å². The van der Waals surface area contributed by atoms with E-state index in [1.54, 1.807) is 0 Å². The number of hydrogen-bond acceptors (Lipinski definition) is 6. The van der Waals surface area contributed by atoms with Crippen LogP contribution in [0, 0.1) is 0 Å². The Bertz CT molecular complexity index is 1300. The largest absolute Gasteiger partial charge is 0.462 e. The monoisotopic (exact) mass is 933 g/mol. The Labute approximate surface area is 414 Å². The van der Waals surface area contributed by atoms with Crippen molar-refractivity contribution in [3.63, 3.8) is 0 Å². The summed E-state index contributed by atoms with van der Waals surface area (Å²) in [7, 11) is 0. The summed E-state index contributed by atoms with van der Waals surface area (Å²) >= 11 is 0. The third-order valence-corrected chi connectivity index (χ3v) is 11.9. The first kappa shape index (κ1) is 63.6. The van der Waals surface area contributed by atoms with Crippen LogP contribution in [0.4, 0.5) is 0 Å². The molecule has 0 saturated carbocycles. The van der Waals surface area contributed by atoms with E-state index >= 15 is 0 Å². The lowest BCUT2D eigenvalue weighted by atomic mass is 10.0. The quantitative estimate of drug-likeness (QED) is 0.0262. The highest BCUT2D eigenvalue weighted by Gasteiger charge is 2.19. The van der Waals surface area contributed by atoms with E-state index in [4.69, 9.17) is 14.2 Å². The molecule has 67 heavy (non-hydrogen) atoms. The van der Waals surface area contributed by atoms with E-state index in [1.807, 2.05) is 6.08 Å². The molecule has 0 aliphatic carbocycles. The molecule has 6 heteroatoms. The number of allylic oxidation sites excluding steroid dienone is 14. The molecule has 0 bridgehead atoms. The van der Waals surface area contributed by atoms with Crippen molar-refractivity contribution in [1.29, 1.82) is 0 Å². The maximum absolute atomic E-state index is 12.8. The minimum atomic E-state index is -0.809. The number of hydrogen-bond donors (Lipinski definition) is 0. The Hall–Kier alpha value is -3.41. The Kier molecular flexibility index (Phi) is 52.4. The van der Waals surface area contributed by atoms with Crippen LogP contribution < -0.4 is 0 Å². The normalized spacial score (nSPS) is 12.7. The van der Waals surface area contributed by atoms with Gasteiger partial charge in [0.15, 0.2) is 6.10 Å². The van der Waals surface area contributed by atoms with Crippen molar-refractivity contribution in [2.75, 3.05) is 13.2 Å². The lowest BCUT2D eigenvalue weighted by Gasteiger charge is -2.18. The van der Waals surface area contributed by atoms with Gasteiger partial charge in [0.05, 0.1) is 0 Å². The van der Waals surface area contributed by atoms with Gasteiger partial charge in [-0.25, -0.2) is 0 Å². The number of unbranched alkanes of at least 4 members (excludes halogenated alkanes) is 25. The van der Waals surface area contributed by atoms with Crippen LogP contribution in [-0.2, 0) is 28.6 Å². The third-order valence-electron chi connectivity index (χ3n) is 11.9. The molecule has 0 N–H and O–H groups in total. The summed E-state index contributed by atoms with van der Waals surface area (Å²) in [6.45, 7) is 6.45. The summed E-state index contributed by atoms with van der Waals surface area (Å²) < 4.78 is 16.8. The molecule has 0 radical (unpaired) electrons. The van der Waals surface area contributed by atoms with Crippen LogP contribution in [0.1, 0.15) is 265 Å². The van der Waals surface area contributed by atoms with E-state index in [0.29, 0.717) is 19.3 Å². The van der Waals surface area contributed by atoms with Crippen molar-refractivity contribution in [2.24, 2.45) is 0 Å². The molecule has 0 saturated heterocycles. The Morgan fingerprint density at radius 1 is 0.313 bits per heavy atom. The van der Waals surface area contributed by atoms with Crippen LogP contribution in [0.2, 0.25) is 0 Å². The molecule has 0 unspecified atom stereocenters. The summed E-state index contributed by atoms with van der Waals surface area (Å²) in [5.41, 5.74) is 0. The van der Waals surface area contributed by atoms with E-state index in [-0.39, 0.29) is 37.5 Å². The van der Waals surface area contributed by atoms with Crippen molar-refractivity contribution in [2.45, 2.75) is 271 Å². The number of ether oxygens (including phenoxy) is 3. The molecule has 6 nitrogen and oxygen atoms in total. The second-order valence-corrected chi connectivity index (χ2v) is 18.5. The molecule has 0 aromatic heterocycles. The van der Waals surface area contributed by atoms with Gasteiger partial charge < -0.3 is 14.2 Å². The molecule has 0 aromatic carbocycles. The predicted octanol–water partition coefficient (Wildman–Crippen LogP) is 18.8. The molecule has 0 aliphatic heterocycles. The summed E-state index contributed by atoms with van der Waals surface area (Å²) in [6, 6.07) is 0. The summed E-state index contributed by atoms with van der Waals surface area (Å²) in [5, 5.41) is 0. The molecular formula is C61H104O6. The molecule has 0 aliphatic rings. The Balaban J connectivity index is 4.48. The van der Waals surface area contributed by atoms with Gasteiger partial charge in [0.1, 0.15) is 13.2 Å². The zero-order chi connectivity index (χ0) is 48.6. The van der Waals surface area contributed by atoms with Gasteiger partial charge in [-0.15, -0.1) is 0 Å². The topological polar surface area (TPSA) is 78.9 Å². The van der Waals surface area contributed by atoms with Crippen molar-refractivity contribution in [3.05, 3.63) is 85.1 Å². The minimum absolute atomic E-state index is 0.102. The smallest absolute Gasteiger partial charge is 0.306 e. The summed E-state index contributed by atoms with van der Waals surface area (Å²) in [4.78, 5) is 38.1. The summed E-state index contributed by atoms with van der Waals surface area (Å²) in [6.07, 6.45) is 71.5. The lowest BCUT2D eigenvalue weighted by molar-refractivity contribution is -0.166. The average molecular weight is 933 g/mol. The second-order valence-electron chi connectivity index (χ2n) is 18.5. The van der Waals surface area contributed by atoms with Gasteiger partial charge in [0.25, 0.3) is 0 Å². The van der Waals surface area contributed by atoms with Gasteiger partial charge in [-0.2, -0.15) is 0 Å². The van der Waals surface area contributed by atoms with Crippen molar-refractivity contribution < 1.29 is 28.6 Å². The fraction of sp³-hybridized carbons (Fsp3) is 0.721. The first-order valence-electron chi connectivity index (χ1n) is 28.1. The molecular weight excluding hydrogens is 829 g/mol. The second kappa shape index (κ2) is 55.2. The maximum Gasteiger partial charge on any atom is 0.306 e. The van der Waals surface area contributed by atoms with Crippen LogP contribution in [0.5, 0.6) is 0 Å². The van der Waals surface area contributed by atoms with Crippen LogP contribution >= 0.6 is 0 Å². The van der Waals surface area contributed by atoms with Gasteiger partial charge in [-0.05, 0) is 83.5 Å². The minimum Gasteiger partial charge on any atom is -0.462 e. The standard InChI is InChI=1S/C61H104O6/c1-4-7-10-13-16-19-22-25-27-29-30-32-33-36-39-42-45-48-51-54-60(63)66-57-58(56-65-59(62)53-50-47-44-41-38-35-24-21-18-15-12-9-6-3)67-61(64)55-52-49-46-43-40-37-34-31-28-26-23-20-17-14-11-8-5-2/h7,10,16,19,21,24-25,27,30,32,36,39,45,48,58H,4-6,8-9,11-15,17-18,20,22-23,26,28-29,31,33-35,37-38,40-44,46-47,49-57H2,1-3H3/b10-7-,19-16-,24-21-,27-25-,32-30-,39-36-,48-45-/t58-/m1/s1. The first-order valence-corrected chi connectivity index (χ1v) is 28.1. The molecule has 0 heterocycles. The van der Waals surface area contributed by atoms with Gasteiger partial charge in [-0.3, -0.25) is 14.4 Å².